The first-order valence-electron chi connectivity index (χ1n) is 11.3. The van der Waals surface area contributed by atoms with Gasteiger partial charge in [-0.3, -0.25) is 9.59 Å². The van der Waals surface area contributed by atoms with Crippen LogP contribution in [0.2, 0.25) is 0 Å². The first-order valence-corrected chi connectivity index (χ1v) is 11.3. The lowest BCUT2D eigenvalue weighted by molar-refractivity contribution is -0.128. The number of hydrogen-bond donors (Lipinski definition) is 2. The monoisotopic (exact) mass is 463 g/mol. The number of benzene rings is 2. The zero-order chi connectivity index (χ0) is 23.9. The third-order valence-corrected chi connectivity index (χ3v) is 5.85. The molecule has 0 unspecified atom stereocenters. The maximum absolute atomic E-state index is 13.0. The van der Waals surface area contributed by atoms with Gasteiger partial charge in [0.2, 0.25) is 17.8 Å². The van der Waals surface area contributed by atoms with Gasteiger partial charge in [-0.2, -0.15) is 4.68 Å². The fourth-order valence-corrected chi connectivity index (χ4v) is 4.13. The van der Waals surface area contributed by atoms with Gasteiger partial charge in [0, 0.05) is 32.5 Å². The van der Waals surface area contributed by atoms with Gasteiger partial charge < -0.3 is 20.3 Å². The number of nitrogens with zero attached hydrogens (tertiary/aromatic N) is 5. The van der Waals surface area contributed by atoms with Crippen molar-refractivity contribution in [2.24, 2.45) is 0 Å². The number of carbonyl (C=O) groups excluding carboxylic acids is 2. The molecule has 1 aliphatic heterocycles. The minimum absolute atomic E-state index is 0.00590. The van der Waals surface area contributed by atoms with Gasteiger partial charge in [-0.05, 0) is 53.1 Å². The Kier molecular flexibility index (Phi) is 7.36. The lowest BCUT2D eigenvalue weighted by atomic mass is 10.0. The van der Waals surface area contributed by atoms with Crippen molar-refractivity contribution < 1.29 is 14.3 Å². The largest absolute Gasteiger partial charge is 0.497 e. The molecule has 2 aromatic carbocycles. The van der Waals surface area contributed by atoms with Gasteiger partial charge in [-0.25, -0.2) is 0 Å². The van der Waals surface area contributed by atoms with Crippen LogP contribution in [0.15, 0.2) is 54.6 Å². The predicted octanol–water partition coefficient (Wildman–Crippen LogP) is 1.50. The van der Waals surface area contributed by atoms with E-state index in [1.54, 1.807) is 11.8 Å². The first-order chi connectivity index (χ1) is 16.5. The van der Waals surface area contributed by atoms with Crippen molar-refractivity contribution >= 4 is 17.8 Å². The SMILES string of the molecule is COc1cccc(C[C@H](NC(C)=O)C(=O)NC2CCN(c3nnnn3-c3ccccc3)CC2)c1. The van der Waals surface area contributed by atoms with Crippen LogP contribution in [0.1, 0.15) is 25.3 Å². The molecule has 0 spiro atoms. The van der Waals surface area contributed by atoms with E-state index < -0.39 is 6.04 Å². The van der Waals surface area contributed by atoms with Gasteiger partial charge in [0.05, 0.1) is 12.8 Å². The molecule has 10 nitrogen and oxygen atoms in total. The number of ether oxygens (including phenoxy) is 1. The predicted molar refractivity (Wildman–Crippen MR) is 127 cm³/mol. The third kappa shape index (κ3) is 5.69. The number of nitrogens with one attached hydrogen (secondary N) is 2. The summed E-state index contributed by atoms with van der Waals surface area (Å²) in [7, 11) is 1.60. The first kappa shape index (κ1) is 23.2. The molecular weight excluding hydrogens is 434 g/mol. The van der Waals surface area contributed by atoms with Crippen LogP contribution in [0.5, 0.6) is 5.75 Å². The summed E-state index contributed by atoms with van der Waals surface area (Å²) >= 11 is 0. The van der Waals surface area contributed by atoms with Crippen molar-refractivity contribution in [3.05, 3.63) is 60.2 Å². The van der Waals surface area contributed by atoms with E-state index in [2.05, 4.69) is 31.1 Å². The molecule has 34 heavy (non-hydrogen) atoms. The summed E-state index contributed by atoms with van der Waals surface area (Å²) in [5, 5.41) is 18.1. The zero-order valence-corrected chi connectivity index (χ0v) is 19.3. The highest BCUT2D eigenvalue weighted by atomic mass is 16.5. The number of piperidine rings is 1. The molecule has 3 aromatic rings. The molecule has 1 aliphatic rings. The summed E-state index contributed by atoms with van der Waals surface area (Å²) in [6, 6.07) is 16.6. The fraction of sp³-hybridized carbons (Fsp3) is 0.375. The molecule has 0 bridgehead atoms. The number of hydrogen-bond acceptors (Lipinski definition) is 7. The van der Waals surface area contributed by atoms with Crippen LogP contribution in [-0.2, 0) is 16.0 Å². The summed E-state index contributed by atoms with van der Waals surface area (Å²) in [6.45, 7) is 2.83. The van der Waals surface area contributed by atoms with Crippen molar-refractivity contribution in [1.82, 2.24) is 30.8 Å². The van der Waals surface area contributed by atoms with E-state index in [1.165, 1.54) is 6.92 Å². The molecule has 0 radical (unpaired) electrons. The van der Waals surface area contributed by atoms with Gasteiger partial charge in [-0.15, -0.1) is 0 Å². The van der Waals surface area contributed by atoms with Crippen LogP contribution in [0.3, 0.4) is 0 Å². The molecule has 0 saturated carbocycles. The average molecular weight is 464 g/mol. The molecule has 2 heterocycles. The second-order valence-electron chi connectivity index (χ2n) is 8.30. The lowest BCUT2D eigenvalue weighted by Crippen LogP contribution is -2.52. The maximum Gasteiger partial charge on any atom is 0.250 e. The Morgan fingerprint density at radius 2 is 1.88 bits per heavy atom. The zero-order valence-electron chi connectivity index (χ0n) is 19.3. The van der Waals surface area contributed by atoms with Gasteiger partial charge >= 0.3 is 0 Å². The molecule has 0 aliphatic carbocycles. The Bertz CT molecular complexity index is 1110. The highest BCUT2D eigenvalue weighted by Gasteiger charge is 2.27. The molecule has 1 atom stereocenters. The quantitative estimate of drug-likeness (QED) is 0.520. The summed E-state index contributed by atoms with van der Waals surface area (Å²) < 4.78 is 6.99. The number of para-hydroxylation sites is 1. The fourth-order valence-electron chi connectivity index (χ4n) is 4.13. The number of carbonyl (C=O) groups is 2. The van der Waals surface area contributed by atoms with Gasteiger partial charge in [0.1, 0.15) is 11.8 Å². The molecular formula is C24H29N7O3. The van der Waals surface area contributed by atoms with Crippen LogP contribution in [0.4, 0.5) is 5.95 Å². The highest BCUT2D eigenvalue weighted by molar-refractivity contribution is 5.87. The third-order valence-electron chi connectivity index (χ3n) is 5.85. The van der Waals surface area contributed by atoms with E-state index >= 15 is 0 Å². The summed E-state index contributed by atoms with van der Waals surface area (Å²) in [6.07, 6.45) is 1.88. The van der Waals surface area contributed by atoms with E-state index in [-0.39, 0.29) is 17.9 Å². The molecule has 1 aromatic heterocycles. The normalized spacial score (nSPS) is 14.9. The minimum Gasteiger partial charge on any atom is -0.497 e. The van der Waals surface area contributed by atoms with Crippen molar-refractivity contribution in [2.45, 2.75) is 38.3 Å². The molecule has 10 heteroatoms. The van der Waals surface area contributed by atoms with Crippen molar-refractivity contribution in [3.8, 4) is 11.4 Å². The van der Waals surface area contributed by atoms with Gasteiger partial charge in [0.25, 0.3) is 0 Å². The molecule has 2 amide bonds. The second kappa shape index (κ2) is 10.8. The van der Waals surface area contributed by atoms with Crippen molar-refractivity contribution in [2.75, 3.05) is 25.1 Å². The van der Waals surface area contributed by atoms with E-state index in [0.717, 1.165) is 24.1 Å². The second-order valence-corrected chi connectivity index (χ2v) is 8.30. The van der Waals surface area contributed by atoms with Crippen molar-refractivity contribution in [1.29, 1.82) is 0 Å². The molecule has 2 N–H and O–H groups in total. The Labute approximate surface area is 198 Å². The van der Waals surface area contributed by atoms with Crippen LogP contribution in [0, 0.1) is 0 Å². The maximum atomic E-state index is 13.0. The van der Waals surface area contributed by atoms with E-state index in [4.69, 9.17) is 4.74 Å². The van der Waals surface area contributed by atoms with E-state index in [0.29, 0.717) is 31.2 Å². The highest BCUT2D eigenvalue weighted by Crippen LogP contribution is 2.20. The lowest BCUT2D eigenvalue weighted by Gasteiger charge is -2.33. The molecule has 1 saturated heterocycles. The van der Waals surface area contributed by atoms with E-state index in [9.17, 15) is 9.59 Å². The van der Waals surface area contributed by atoms with Crippen LogP contribution in [0.25, 0.3) is 5.69 Å². The van der Waals surface area contributed by atoms with Crippen molar-refractivity contribution in [3.63, 3.8) is 0 Å². The smallest absolute Gasteiger partial charge is 0.250 e. The standard InChI is InChI=1S/C24H29N7O3/c1-17(32)25-22(16-18-7-6-10-21(15-18)34-2)23(33)26-19-11-13-30(14-12-19)24-27-28-29-31(24)20-8-4-3-5-9-20/h3-10,15,19,22H,11-14,16H2,1-2H3,(H,25,32)(H,26,33)/t22-/m0/s1. The number of anilines is 1. The molecule has 178 valence electrons. The number of tetrazole rings is 1. The van der Waals surface area contributed by atoms with Gasteiger partial charge in [-0.1, -0.05) is 35.4 Å². The van der Waals surface area contributed by atoms with Gasteiger partial charge in [0.15, 0.2) is 0 Å². The molecule has 4 rings (SSSR count). The topological polar surface area (TPSA) is 114 Å². The van der Waals surface area contributed by atoms with Crippen LogP contribution in [-0.4, -0.2) is 64.3 Å². The number of rotatable bonds is 8. The summed E-state index contributed by atoms with van der Waals surface area (Å²) in [5.41, 5.74) is 1.81. The Morgan fingerprint density at radius 3 is 2.59 bits per heavy atom. The Balaban J connectivity index is 1.36. The average Bonchev–Trinajstić information content (AvgIpc) is 3.34. The Hall–Kier alpha value is -3.95. The number of amides is 2. The van der Waals surface area contributed by atoms with E-state index in [1.807, 2.05) is 54.6 Å². The minimum atomic E-state index is -0.659. The summed E-state index contributed by atoms with van der Waals surface area (Å²) in [5.74, 6) is 0.964. The molecule has 1 fully saturated rings. The number of aromatic nitrogens is 4. The summed E-state index contributed by atoms with van der Waals surface area (Å²) in [4.78, 5) is 26.9. The van der Waals surface area contributed by atoms with Crippen LogP contribution < -0.4 is 20.3 Å². The Morgan fingerprint density at radius 1 is 1.12 bits per heavy atom. The van der Waals surface area contributed by atoms with Crippen LogP contribution >= 0.6 is 0 Å². The number of methoxy groups -OCH3 is 1.